The van der Waals surface area contributed by atoms with Crippen molar-refractivity contribution in [3.05, 3.63) is 47.5 Å². The minimum atomic E-state index is -0.0770. The van der Waals surface area contributed by atoms with Crippen LogP contribution in [-0.2, 0) is 0 Å². The zero-order chi connectivity index (χ0) is 18.2. The van der Waals surface area contributed by atoms with Gasteiger partial charge < -0.3 is 14.8 Å². The van der Waals surface area contributed by atoms with Gasteiger partial charge in [0.25, 0.3) is 0 Å². The molecular weight excluding hydrogens is 322 g/mol. The Kier molecular flexibility index (Phi) is 3.08. The lowest BCUT2D eigenvalue weighted by atomic mass is 9.65. The van der Waals surface area contributed by atoms with Crippen molar-refractivity contribution < 1.29 is 9.84 Å². The minimum Gasteiger partial charge on any atom is -0.508 e. The highest BCUT2D eigenvalue weighted by molar-refractivity contribution is 6.09. The molecule has 5 rings (SSSR count). The molecule has 2 heterocycles. The van der Waals surface area contributed by atoms with Crippen LogP contribution >= 0.6 is 0 Å². The Morgan fingerprint density at radius 1 is 1.31 bits per heavy atom. The van der Waals surface area contributed by atoms with E-state index < -0.39 is 0 Å². The summed E-state index contributed by atoms with van der Waals surface area (Å²) in [5.41, 5.74) is 5.83. The number of hydrogen-bond donors (Lipinski definition) is 2. The summed E-state index contributed by atoms with van der Waals surface area (Å²) in [5, 5.41) is 12.3. The van der Waals surface area contributed by atoms with Gasteiger partial charge in [-0.05, 0) is 75.6 Å². The van der Waals surface area contributed by atoms with Crippen LogP contribution in [0.1, 0.15) is 50.2 Å². The number of rotatable bonds is 1. The molecule has 1 aromatic heterocycles. The van der Waals surface area contributed by atoms with E-state index in [2.05, 4.69) is 38.4 Å². The number of fused-ring (bicyclic) bond motifs is 8. The monoisotopic (exact) mass is 347 g/mol. The van der Waals surface area contributed by atoms with Gasteiger partial charge in [0, 0.05) is 22.4 Å². The molecule has 1 aliphatic carbocycles. The maximum atomic E-state index is 9.88. The number of nitrogens with one attached hydrogen (secondary N) is 1. The second kappa shape index (κ2) is 5.06. The number of phenols is 1. The summed E-state index contributed by atoms with van der Waals surface area (Å²) in [5.74, 6) is 2.27. The fourth-order valence-electron chi connectivity index (χ4n) is 5.27. The van der Waals surface area contributed by atoms with Crippen molar-refractivity contribution in [2.24, 2.45) is 5.92 Å². The molecular formula is C23H25NO2. The first-order valence-corrected chi connectivity index (χ1v) is 9.49. The van der Waals surface area contributed by atoms with Gasteiger partial charge in [-0.3, -0.25) is 0 Å². The predicted molar refractivity (Wildman–Crippen MR) is 106 cm³/mol. The van der Waals surface area contributed by atoms with Crippen LogP contribution in [0, 0.1) is 12.8 Å². The number of aryl methyl sites for hydroxylation is 1. The summed E-state index contributed by atoms with van der Waals surface area (Å²) in [6, 6.07) is 7.79. The minimum absolute atomic E-state index is 0.0770. The van der Waals surface area contributed by atoms with E-state index in [-0.39, 0.29) is 11.4 Å². The second-order valence-corrected chi connectivity index (χ2v) is 8.57. The molecule has 1 saturated carbocycles. The Morgan fingerprint density at radius 2 is 2.12 bits per heavy atom. The van der Waals surface area contributed by atoms with Crippen molar-refractivity contribution in [3.63, 3.8) is 0 Å². The number of ether oxygens (including phenoxy) is 1. The van der Waals surface area contributed by atoms with E-state index in [9.17, 15) is 5.11 Å². The normalized spacial score (nSPS) is 27.3. The molecule has 2 aliphatic rings. The van der Waals surface area contributed by atoms with Gasteiger partial charge in [-0.25, -0.2) is 0 Å². The van der Waals surface area contributed by atoms with Gasteiger partial charge in [-0.15, -0.1) is 0 Å². The number of H-pyrrole nitrogens is 1. The molecule has 0 radical (unpaired) electrons. The third kappa shape index (κ3) is 2.06. The van der Waals surface area contributed by atoms with Gasteiger partial charge in [-0.2, -0.15) is 0 Å². The van der Waals surface area contributed by atoms with Gasteiger partial charge in [0.05, 0.1) is 11.0 Å². The van der Waals surface area contributed by atoms with Gasteiger partial charge in [0.1, 0.15) is 17.1 Å². The van der Waals surface area contributed by atoms with Crippen LogP contribution < -0.4 is 4.74 Å². The quantitative estimate of drug-likeness (QED) is 0.535. The molecule has 0 unspecified atom stereocenters. The third-order valence-corrected chi connectivity index (χ3v) is 6.53. The lowest BCUT2D eigenvalue weighted by molar-refractivity contribution is 0.00731. The first-order valence-electron chi connectivity index (χ1n) is 9.49. The summed E-state index contributed by atoms with van der Waals surface area (Å²) in [7, 11) is 0. The van der Waals surface area contributed by atoms with Crippen molar-refractivity contribution in [1.29, 1.82) is 0 Å². The third-order valence-electron chi connectivity index (χ3n) is 6.53. The molecule has 2 bridgehead atoms. The zero-order valence-electron chi connectivity index (χ0n) is 15.6. The van der Waals surface area contributed by atoms with E-state index in [1.807, 2.05) is 12.1 Å². The van der Waals surface area contributed by atoms with Gasteiger partial charge >= 0.3 is 0 Å². The molecule has 1 fully saturated rings. The highest BCUT2D eigenvalue weighted by Gasteiger charge is 2.46. The summed E-state index contributed by atoms with van der Waals surface area (Å²) in [4.78, 5) is 3.58. The Bertz CT molecular complexity index is 1080. The highest BCUT2D eigenvalue weighted by atomic mass is 16.5. The van der Waals surface area contributed by atoms with E-state index in [0.717, 1.165) is 41.4 Å². The van der Waals surface area contributed by atoms with Crippen molar-refractivity contribution in [1.82, 2.24) is 4.98 Å². The maximum Gasteiger partial charge on any atom is 0.128 e. The lowest BCUT2D eigenvalue weighted by Gasteiger charge is -2.48. The van der Waals surface area contributed by atoms with Gasteiger partial charge in [0.15, 0.2) is 0 Å². The van der Waals surface area contributed by atoms with Crippen LogP contribution in [0.4, 0.5) is 0 Å². The number of aromatic nitrogens is 1. The molecule has 3 atom stereocenters. The number of aromatic hydroxyl groups is 1. The summed E-state index contributed by atoms with van der Waals surface area (Å²) in [6.45, 7) is 10.9. The SMILES string of the molecule is C=C(C)[C@H]1CC[C@]2(C)C[C@@H]1c1c(c(C)cc3c1[nH]c1cc(O)ccc13)O2. The second-order valence-electron chi connectivity index (χ2n) is 8.57. The van der Waals surface area contributed by atoms with Crippen LogP contribution in [0.5, 0.6) is 11.5 Å². The molecule has 3 nitrogen and oxygen atoms in total. The largest absolute Gasteiger partial charge is 0.508 e. The van der Waals surface area contributed by atoms with Crippen LogP contribution in [0.2, 0.25) is 0 Å². The molecule has 26 heavy (non-hydrogen) atoms. The van der Waals surface area contributed by atoms with E-state index in [1.165, 1.54) is 22.1 Å². The van der Waals surface area contributed by atoms with Crippen LogP contribution in [0.25, 0.3) is 21.8 Å². The average molecular weight is 347 g/mol. The fourth-order valence-corrected chi connectivity index (χ4v) is 5.27. The zero-order valence-corrected chi connectivity index (χ0v) is 15.6. The molecule has 1 aliphatic heterocycles. The van der Waals surface area contributed by atoms with Gasteiger partial charge in [-0.1, -0.05) is 12.2 Å². The summed E-state index contributed by atoms with van der Waals surface area (Å²) in [6.07, 6.45) is 3.25. The number of benzene rings is 2. The summed E-state index contributed by atoms with van der Waals surface area (Å²) >= 11 is 0. The lowest BCUT2D eigenvalue weighted by Crippen LogP contribution is -2.44. The molecule has 0 amide bonds. The van der Waals surface area contributed by atoms with Crippen LogP contribution in [0.3, 0.4) is 0 Å². The Labute approximate surface area is 153 Å². The van der Waals surface area contributed by atoms with Crippen molar-refractivity contribution in [2.45, 2.75) is 51.6 Å². The number of phenolic OH excluding ortho intramolecular Hbond substituents is 1. The topological polar surface area (TPSA) is 45.2 Å². The van der Waals surface area contributed by atoms with Crippen molar-refractivity contribution in [3.8, 4) is 11.5 Å². The Morgan fingerprint density at radius 3 is 2.88 bits per heavy atom. The molecule has 0 spiro atoms. The number of allylic oxidation sites excluding steroid dienone is 1. The molecule has 2 N–H and O–H groups in total. The number of aromatic amines is 1. The molecule has 0 saturated heterocycles. The first kappa shape index (κ1) is 15.8. The number of hydrogen-bond acceptors (Lipinski definition) is 2. The van der Waals surface area contributed by atoms with E-state index in [4.69, 9.17) is 4.74 Å². The molecule has 2 aromatic carbocycles. The fraction of sp³-hybridized carbons (Fsp3) is 0.391. The average Bonchev–Trinajstić information content (AvgIpc) is 2.91. The highest BCUT2D eigenvalue weighted by Crippen LogP contribution is 2.56. The van der Waals surface area contributed by atoms with Gasteiger partial charge in [0.2, 0.25) is 0 Å². The predicted octanol–water partition coefficient (Wildman–Crippen LogP) is 5.95. The van der Waals surface area contributed by atoms with E-state index in [1.54, 1.807) is 6.07 Å². The Hall–Kier alpha value is -2.42. The van der Waals surface area contributed by atoms with Crippen LogP contribution in [0.15, 0.2) is 36.4 Å². The smallest absolute Gasteiger partial charge is 0.128 e. The molecule has 3 aromatic rings. The Balaban J connectivity index is 1.86. The molecule has 134 valence electrons. The van der Waals surface area contributed by atoms with E-state index in [0.29, 0.717) is 11.8 Å². The standard InChI is InChI=1S/C23H25NO2/c1-12(2)15-7-8-23(4)11-18(15)20-21-17(9-13(3)22(20)26-23)16-6-5-14(25)10-19(16)24-21/h5-6,9-10,15,18,24-25H,1,7-8,11H2,2-4H3/t15-,18+,23-/m1/s1. The maximum absolute atomic E-state index is 9.88. The summed E-state index contributed by atoms with van der Waals surface area (Å²) < 4.78 is 6.58. The van der Waals surface area contributed by atoms with E-state index >= 15 is 0 Å². The first-order chi connectivity index (χ1) is 12.4. The van der Waals surface area contributed by atoms with Crippen molar-refractivity contribution >= 4 is 21.8 Å². The van der Waals surface area contributed by atoms with Crippen molar-refractivity contribution in [2.75, 3.05) is 0 Å². The van der Waals surface area contributed by atoms with Crippen LogP contribution in [-0.4, -0.2) is 15.7 Å². The molecule has 3 heteroatoms.